The molecule has 1 aromatic carbocycles. The Bertz CT molecular complexity index is 416. The van der Waals surface area contributed by atoms with E-state index in [1.54, 1.807) is 13.2 Å². The highest BCUT2D eigenvalue weighted by molar-refractivity contribution is 6.31. The van der Waals surface area contributed by atoms with Gasteiger partial charge in [-0.2, -0.15) is 0 Å². The summed E-state index contributed by atoms with van der Waals surface area (Å²) in [6, 6.07) is 4.44. The third-order valence-electron chi connectivity index (χ3n) is 2.76. The molecule has 4 heteroatoms. The molecule has 0 bridgehead atoms. The van der Waals surface area contributed by atoms with Gasteiger partial charge in [0.2, 0.25) is 0 Å². The van der Waals surface area contributed by atoms with Gasteiger partial charge in [-0.25, -0.2) is 4.39 Å². The summed E-state index contributed by atoms with van der Waals surface area (Å²) in [4.78, 5) is 11.8. The Morgan fingerprint density at radius 2 is 2.12 bits per heavy atom. The number of carbonyl (C=O) groups excluding carboxylic acids is 1. The second kappa shape index (κ2) is 5.61. The van der Waals surface area contributed by atoms with E-state index in [1.165, 1.54) is 12.1 Å². The standard InChI is InChI=1S/C13H16ClFO2/c1-13(2,17-3)8-7-11(16)9-5-4-6-10(14)12(9)15/h4-6H,7-8H2,1-3H3. The van der Waals surface area contributed by atoms with Crippen molar-refractivity contribution in [3.63, 3.8) is 0 Å². The van der Waals surface area contributed by atoms with Gasteiger partial charge in [-0.05, 0) is 32.4 Å². The van der Waals surface area contributed by atoms with Crippen molar-refractivity contribution in [3.8, 4) is 0 Å². The third-order valence-corrected chi connectivity index (χ3v) is 3.05. The van der Waals surface area contributed by atoms with Crippen molar-refractivity contribution in [1.29, 1.82) is 0 Å². The first-order valence-electron chi connectivity index (χ1n) is 5.40. The van der Waals surface area contributed by atoms with Gasteiger partial charge in [0.15, 0.2) is 11.6 Å². The molecule has 0 amide bonds. The Labute approximate surface area is 106 Å². The summed E-state index contributed by atoms with van der Waals surface area (Å²) in [5, 5.41) is -0.0261. The van der Waals surface area contributed by atoms with Crippen molar-refractivity contribution >= 4 is 17.4 Å². The summed E-state index contributed by atoms with van der Waals surface area (Å²) < 4.78 is 18.8. The van der Waals surface area contributed by atoms with Crippen LogP contribution < -0.4 is 0 Å². The van der Waals surface area contributed by atoms with Gasteiger partial charge in [-0.3, -0.25) is 4.79 Å². The Morgan fingerprint density at radius 1 is 1.47 bits per heavy atom. The van der Waals surface area contributed by atoms with Gasteiger partial charge in [0, 0.05) is 13.5 Å². The average molecular weight is 259 g/mol. The van der Waals surface area contributed by atoms with Gasteiger partial charge in [-0.15, -0.1) is 0 Å². The predicted octanol–water partition coefficient (Wildman–Crippen LogP) is 3.87. The third kappa shape index (κ3) is 3.79. The summed E-state index contributed by atoms with van der Waals surface area (Å²) in [5.41, 5.74) is -0.338. The molecule has 0 N–H and O–H groups in total. The van der Waals surface area contributed by atoms with E-state index in [4.69, 9.17) is 16.3 Å². The number of Topliss-reactive ketones (excluding diaryl/α,β-unsaturated/α-hetero) is 1. The number of halogens is 2. The van der Waals surface area contributed by atoms with E-state index in [0.717, 1.165) is 0 Å². The van der Waals surface area contributed by atoms with E-state index in [9.17, 15) is 9.18 Å². The topological polar surface area (TPSA) is 26.3 Å². The minimum absolute atomic E-state index is 0.0261. The summed E-state index contributed by atoms with van der Waals surface area (Å²) in [5.74, 6) is -0.899. The van der Waals surface area contributed by atoms with E-state index in [2.05, 4.69) is 0 Å². The first-order chi connectivity index (χ1) is 7.87. The van der Waals surface area contributed by atoms with Gasteiger partial charge in [0.25, 0.3) is 0 Å². The van der Waals surface area contributed by atoms with Crippen LogP contribution in [0.1, 0.15) is 37.0 Å². The van der Waals surface area contributed by atoms with Crippen molar-refractivity contribution in [2.24, 2.45) is 0 Å². The molecular formula is C13H16ClFO2. The lowest BCUT2D eigenvalue weighted by Gasteiger charge is -2.22. The lowest BCUT2D eigenvalue weighted by molar-refractivity contribution is 0.0141. The largest absolute Gasteiger partial charge is 0.379 e. The monoisotopic (exact) mass is 258 g/mol. The highest BCUT2D eigenvalue weighted by Gasteiger charge is 2.20. The van der Waals surface area contributed by atoms with Gasteiger partial charge < -0.3 is 4.74 Å². The van der Waals surface area contributed by atoms with E-state index in [0.29, 0.717) is 6.42 Å². The van der Waals surface area contributed by atoms with Crippen molar-refractivity contribution in [3.05, 3.63) is 34.6 Å². The SMILES string of the molecule is COC(C)(C)CCC(=O)c1cccc(Cl)c1F. The van der Waals surface area contributed by atoms with Crippen LogP contribution in [0.4, 0.5) is 4.39 Å². The summed E-state index contributed by atoms with van der Waals surface area (Å²) in [7, 11) is 1.59. The molecule has 0 aromatic heterocycles. The van der Waals surface area contributed by atoms with Gasteiger partial charge in [0.05, 0.1) is 16.2 Å². The van der Waals surface area contributed by atoms with Gasteiger partial charge in [0.1, 0.15) is 0 Å². The Morgan fingerprint density at radius 3 is 2.71 bits per heavy atom. The van der Waals surface area contributed by atoms with E-state index < -0.39 is 5.82 Å². The molecule has 0 saturated heterocycles. The van der Waals surface area contributed by atoms with Crippen molar-refractivity contribution in [2.75, 3.05) is 7.11 Å². The zero-order valence-corrected chi connectivity index (χ0v) is 11.0. The van der Waals surface area contributed by atoms with Crippen molar-refractivity contribution < 1.29 is 13.9 Å². The molecule has 1 aromatic rings. The molecule has 0 fully saturated rings. The zero-order chi connectivity index (χ0) is 13.1. The number of hydrogen-bond acceptors (Lipinski definition) is 2. The van der Waals surface area contributed by atoms with Gasteiger partial charge >= 0.3 is 0 Å². The lowest BCUT2D eigenvalue weighted by Crippen LogP contribution is -2.23. The number of carbonyl (C=O) groups is 1. The van der Waals surface area contributed by atoms with Crippen molar-refractivity contribution in [1.82, 2.24) is 0 Å². The van der Waals surface area contributed by atoms with Crippen LogP contribution in [-0.4, -0.2) is 18.5 Å². The predicted molar refractivity (Wildman–Crippen MR) is 66.1 cm³/mol. The molecule has 94 valence electrons. The molecule has 17 heavy (non-hydrogen) atoms. The number of ketones is 1. The maximum atomic E-state index is 13.6. The van der Waals surface area contributed by atoms with Crippen LogP contribution in [0, 0.1) is 5.82 Å². The van der Waals surface area contributed by atoms with Gasteiger partial charge in [-0.1, -0.05) is 17.7 Å². The minimum atomic E-state index is -0.644. The van der Waals surface area contributed by atoms with Crippen LogP contribution in [0.5, 0.6) is 0 Å². The fourth-order valence-electron chi connectivity index (χ4n) is 1.37. The normalized spacial score (nSPS) is 11.6. The van der Waals surface area contributed by atoms with E-state index >= 15 is 0 Å². The number of rotatable bonds is 5. The molecule has 0 atom stereocenters. The zero-order valence-electron chi connectivity index (χ0n) is 10.2. The first kappa shape index (κ1) is 14.1. The van der Waals surface area contributed by atoms with Crippen LogP contribution in [0.25, 0.3) is 0 Å². The lowest BCUT2D eigenvalue weighted by atomic mass is 9.97. The van der Waals surface area contributed by atoms with Crippen LogP contribution >= 0.6 is 11.6 Å². The number of benzene rings is 1. The smallest absolute Gasteiger partial charge is 0.165 e. The first-order valence-corrected chi connectivity index (χ1v) is 5.77. The molecule has 0 aliphatic heterocycles. The van der Waals surface area contributed by atoms with E-state index in [1.807, 2.05) is 13.8 Å². The molecule has 0 aliphatic carbocycles. The fourth-order valence-corrected chi connectivity index (χ4v) is 1.54. The van der Waals surface area contributed by atoms with Crippen LogP contribution in [0.2, 0.25) is 5.02 Å². The number of methoxy groups -OCH3 is 1. The highest BCUT2D eigenvalue weighted by Crippen LogP contribution is 2.22. The molecule has 0 radical (unpaired) electrons. The molecule has 0 saturated carbocycles. The maximum absolute atomic E-state index is 13.6. The molecular weight excluding hydrogens is 243 g/mol. The molecule has 0 heterocycles. The molecule has 0 aliphatic rings. The highest BCUT2D eigenvalue weighted by atomic mass is 35.5. The number of ether oxygens (including phenoxy) is 1. The van der Waals surface area contributed by atoms with Crippen LogP contribution in [0.3, 0.4) is 0 Å². The summed E-state index contributed by atoms with van der Waals surface area (Å²) >= 11 is 5.62. The minimum Gasteiger partial charge on any atom is -0.379 e. The summed E-state index contributed by atoms with van der Waals surface area (Å²) in [6.07, 6.45) is 0.770. The number of hydrogen-bond donors (Lipinski definition) is 0. The molecule has 0 unspecified atom stereocenters. The summed E-state index contributed by atoms with van der Waals surface area (Å²) in [6.45, 7) is 3.77. The average Bonchev–Trinajstić information content (AvgIpc) is 2.30. The van der Waals surface area contributed by atoms with Crippen molar-refractivity contribution in [2.45, 2.75) is 32.3 Å². The molecule has 1 rings (SSSR count). The second-order valence-electron chi connectivity index (χ2n) is 4.49. The Kier molecular flexibility index (Phi) is 4.66. The quantitative estimate of drug-likeness (QED) is 0.750. The Balaban J connectivity index is 2.74. The van der Waals surface area contributed by atoms with Crippen LogP contribution in [0.15, 0.2) is 18.2 Å². The second-order valence-corrected chi connectivity index (χ2v) is 4.90. The maximum Gasteiger partial charge on any atom is 0.165 e. The van der Waals surface area contributed by atoms with Crippen LogP contribution in [-0.2, 0) is 4.74 Å². The Hall–Kier alpha value is -0.930. The molecule has 0 spiro atoms. The van der Waals surface area contributed by atoms with E-state index in [-0.39, 0.29) is 28.4 Å². The molecule has 2 nitrogen and oxygen atoms in total. The fraction of sp³-hybridized carbons (Fsp3) is 0.462.